The molecule has 0 heterocycles. The topological polar surface area (TPSA) is 35.5 Å². The van der Waals surface area contributed by atoms with Gasteiger partial charge in [-0.1, -0.05) is 26.8 Å². The van der Waals surface area contributed by atoms with Crippen LogP contribution in [0.25, 0.3) is 0 Å². The zero-order valence-electron chi connectivity index (χ0n) is 13.9. The van der Waals surface area contributed by atoms with Crippen LogP contribution in [0.3, 0.4) is 0 Å². The van der Waals surface area contributed by atoms with Crippen LogP contribution in [0.4, 0.5) is 0 Å². The third kappa shape index (κ3) is 5.06. The Hall–Kier alpha value is -0.613. The lowest BCUT2D eigenvalue weighted by atomic mass is 9.89. The van der Waals surface area contributed by atoms with Crippen molar-refractivity contribution in [2.45, 2.75) is 65.1 Å². The second-order valence-electron chi connectivity index (χ2n) is 7.26. The summed E-state index contributed by atoms with van der Waals surface area (Å²) in [6.45, 7) is 14.0. The largest absolute Gasteiger partial charge is 0.461 e. The average molecular weight is 298 g/mol. The first-order valence-electron chi connectivity index (χ1n) is 7.60. The summed E-state index contributed by atoms with van der Waals surface area (Å²) in [7, 11) is -1.70. The normalized spacial score (nSPS) is 20.5. The Labute approximate surface area is 124 Å². The van der Waals surface area contributed by atoms with Crippen LogP contribution in [0.15, 0.2) is 11.6 Å². The number of allylic oxidation sites excluding steroid dienone is 1. The van der Waals surface area contributed by atoms with Gasteiger partial charge in [0.25, 0.3) is 0 Å². The van der Waals surface area contributed by atoms with E-state index < -0.39 is 8.32 Å². The monoisotopic (exact) mass is 298 g/mol. The second-order valence-corrected chi connectivity index (χ2v) is 12.1. The summed E-state index contributed by atoms with van der Waals surface area (Å²) in [6.07, 6.45) is 5.66. The molecule has 0 amide bonds. The molecule has 0 saturated carbocycles. The van der Waals surface area contributed by atoms with E-state index in [-0.39, 0.29) is 11.0 Å². The van der Waals surface area contributed by atoms with E-state index >= 15 is 0 Å². The maximum absolute atomic E-state index is 11.0. The van der Waals surface area contributed by atoms with Crippen molar-refractivity contribution in [3.63, 3.8) is 0 Å². The molecule has 20 heavy (non-hydrogen) atoms. The smallest absolute Gasteiger partial charge is 0.302 e. The van der Waals surface area contributed by atoms with Gasteiger partial charge in [-0.05, 0) is 43.0 Å². The summed E-state index contributed by atoms with van der Waals surface area (Å²) < 4.78 is 11.5. The maximum Gasteiger partial charge on any atom is 0.302 e. The predicted molar refractivity (Wildman–Crippen MR) is 85.2 cm³/mol. The lowest BCUT2D eigenvalue weighted by molar-refractivity contribution is -0.140. The summed E-state index contributed by atoms with van der Waals surface area (Å²) in [5, 5.41) is 0.238. The van der Waals surface area contributed by atoms with Gasteiger partial charge in [0, 0.05) is 19.4 Å². The molecule has 3 nitrogen and oxygen atoms in total. The van der Waals surface area contributed by atoms with Crippen LogP contribution in [0.1, 0.15) is 47.0 Å². The van der Waals surface area contributed by atoms with Crippen molar-refractivity contribution in [1.82, 2.24) is 0 Å². The van der Waals surface area contributed by atoms with Crippen LogP contribution in [0.2, 0.25) is 18.1 Å². The fourth-order valence-corrected chi connectivity index (χ4v) is 3.13. The van der Waals surface area contributed by atoms with Gasteiger partial charge in [0.05, 0.1) is 0 Å². The van der Waals surface area contributed by atoms with Crippen LogP contribution < -0.4 is 0 Å². The highest BCUT2D eigenvalue weighted by Crippen LogP contribution is 2.37. The summed E-state index contributed by atoms with van der Waals surface area (Å²) >= 11 is 0. The highest BCUT2D eigenvalue weighted by Gasteiger charge is 2.37. The molecule has 0 saturated heterocycles. The third-order valence-corrected chi connectivity index (χ3v) is 9.08. The van der Waals surface area contributed by atoms with E-state index in [4.69, 9.17) is 9.16 Å². The van der Waals surface area contributed by atoms with Gasteiger partial charge in [-0.25, -0.2) is 0 Å². The Morgan fingerprint density at radius 3 is 2.60 bits per heavy atom. The van der Waals surface area contributed by atoms with E-state index in [2.05, 4.69) is 39.9 Å². The van der Waals surface area contributed by atoms with Crippen LogP contribution in [-0.2, 0) is 14.0 Å². The SMILES string of the molecule is CC(=O)OCC1=CCCC[C@@H]1CO[Si](C)(C)C(C)(C)C. The van der Waals surface area contributed by atoms with E-state index in [1.54, 1.807) is 0 Å². The number of ether oxygens (including phenoxy) is 1. The molecular formula is C16H30O3Si. The van der Waals surface area contributed by atoms with Crippen molar-refractivity contribution in [3.05, 3.63) is 11.6 Å². The lowest BCUT2D eigenvalue weighted by Crippen LogP contribution is -2.42. The molecule has 0 aromatic carbocycles. The Morgan fingerprint density at radius 2 is 2.05 bits per heavy atom. The lowest BCUT2D eigenvalue weighted by Gasteiger charge is -2.38. The first-order valence-corrected chi connectivity index (χ1v) is 10.5. The Balaban J connectivity index is 2.59. The molecular weight excluding hydrogens is 268 g/mol. The first kappa shape index (κ1) is 17.4. The molecule has 1 rings (SSSR count). The number of hydrogen-bond acceptors (Lipinski definition) is 3. The van der Waals surface area contributed by atoms with Gasteiger partial charge in [0.2, 0.25) is 0 Å². The summed E-state index contributed by atoms with van der Waals surface area (Å²) in [5.41, 5.74) is 1.24. The molecule has 1 atom stereocenters. The minimum Gasteiger partial charge on any atom is -0.461 e. The van der Waals surface area contributed by atoms with E-state index in [1.165, 1.54) is 18.9 Å². The molecule has 0 bridgehead atoms. The second kappa shape index (κ2) is 6.90. The van der Waals surface area contributed by atoms with E-state index in [1.807, 2.05) is 0 Å². The summed E-state index contributed by atoms with van der Waals surface area (Å²) in [5.74, 6) is 0.206. The molecule has 0 radical (unpaired) electrons. The zero-order chi connectivity index (χ0) is 15.4. The molecule has 0 spiro atoms. The van der Waals surface area contributed by atoms with Crippen LogP contribution in [-0.4, -0.2) is 27.5 Å². The quantitative estimate of drug-likeness (QED) is 0.431. The molecule has 1 aliphatic carbocycles. The number of carbonyl (C=O) groups is 1. The van der Waals surface area contributed by atoms with Gasteiger partial charge >= 0.3 is 5.97 Å². The van der Waals surface area contributed by atoms with Crippen molar-refractivity contribution in [2.75, 3.05) is 13.2 Å². The van der Waals surface area contributed by atoms with Crippen molar-refractivity contribution >= 4 is 14.3 Å². The highest BCUT2D eigenvalue weighted by molar-refractivity contribution is 6.74. The van der Waals surface area contributed by atoms with E-state index in [0.29, 0.717) is 12.5 Å². The molecule has 4 heteroatoms. The fourth-order valence-electron chi connectivity index (χ4n) is 2.08. The minimum atomic E-state index is -1.70. The number of rotatable bonds is 5. The maximum atomic E-state index is 11.0. The van der Waals surface area contributed by atoms with Gasteiger partial charge in [0.15, 0.2) is 8.32 Å². The third-order valence-electron chi connectivity index (χ3n) is 4.58. The van der Waals surface area contributed by atoms with Crippen molar-refractivity contribution in [1.29, 1.82) is 0 Å². The van der Waals surface area contributed by atoms with Gasteiger partial charge < -0.3 is 9.16 Å². The molecule has 0 aliphatic heterocycles. The van der Waals surface area contributed by atoms with Crippen LogP contribution in [0, 0.1) is 5.92 Å². The summed E-state index contributed by atoms with van der Waals surface area (Å²) in [6, 6.07) is 0. The molecule has 0 N–H and O–H groups in total. The Morgan fingerprint density at radius 1 is 1.40 bits per heavy atom. The zero-order valence-corrected chi connectivity index (χ0v) is 14.9. The molecule has 116 valence electrons. The van der Waals surface area contributed by atoms with Gasteiger partial charge in [-0.3, -0.25) is 4.79 Å². The standard InChI is InChI=1S/C16H30O3Si/c1-13(17)18-11-14-9-7-8-10-15(14)12-19-20(5,6)16(2,3)4/h9,15H,7-8,10-12H2,1-6H3/t15-/m1/s1. The molecule has 0 fully saturated rings. The molecule has 0 unspecified atom stereocenters. The first-order chi connectivity index (χ1) is 9.13. The van der Waals surface area contributed by atoms with Crippen molar-refractivity contribution < 1.29 is 14.0 Å². The summed E-state index contributed by atoms with van der Waals surface area (Å²) in [4.78, 5) is 11.0. The predicted octanol–water partition coefficient (Wildman–Crippen LogP) is 4.30. The van der Waals surface area contributed by atoms with E-state index in [0.717, 1.165) is 19.4 Å². The number of esters is 1. The van der Waals surface area contributed by atoms with Gasteiger partial charge in [0.1, 0.15) is 6.61 Å². The average Bonchev–Trinajstić information content (AvgIpc) is 2.33. The van der Waals surface area contributed by atoms with E-state index in [9.17, 15) is 4.79 Å². The van der Waals surface area contributed by atoms with Gasteiger partial charge in [-0.15, -0.1) is 0 Å². The van der Waals surface area contributed by atoms with Crippen molar-refractivity contribution in [3.8, 4) is 0 Å². The number of carbonyl (C=O) groups excluding carboxylic acids is 1. The Bertz CT molecular complexity index is 366. The Kier molecular flexibility index (Phi) is 6.01. The molecule has 0 aromatic heterocycles. The number of hydrogen-bond donors (Lipinski definition) is 0. The highest BCUT2D eigenvalue weighted by atomic mass is 28.4. The van der Waals surface area contributed by atoms with Crippen LogP contribution >= 0.6 is 0 Å². The minimum absolute atomic E-state index is 0.208. The van der Waals surface area contributed by atoms with Crippen molar-refractivity contribution in [2.24, 2.45) is 5.92 Å². The molecule has 0 aromatic rings. The van der Waals surface area contributed by atoms with Crippen LogP contribution in [0.5, 0.6) is 0 Å². The fraction of sp³-hybridized carbons (Fsp3) is 0.812. The molecule has 1 aliphatic rings. The van der Waals surface area contributed by atoms with Gasteiger partial charge in [-0.2, -0.15) is 0 Å².